The second-order valence-electron chi connectivity index (χ2n) is 9.31. The van der Waals surface area contributed by atoms with Crippen LogP contribution in [0.25, 0.3) is 0 Å². The van der Waals surface area contributed by atoms with E-state index in [1.165, 1.54) is 25.1 Å². The van der Waals surface area contributed by atoms with Crippen LogP contribution in [0.2, 0.25) is 0 Å². The molecule has 1 aliphatic rings. The molecule has 0 bridgehead atoms. The zero-order chi connectivity index (χ0) is 30.0. The van der Waals surface area contributed by atoms with Crippen LogP contribution < -0.4 is 19.1 Å². The number of hydrogen-bond donors (Lipinski definition) is 2. The van der Waals surface area contributed by atoms with Gasteiger partial charge in [0.1, 0.15) is 17.6 Å². The molecule has 0 aliphatic carbocycles. The molecule has 2 N–H and O–H groups in total. The predicted octanol–water partition coefficient (Wildman–Crippen LogP) is 5.24. The van der Waals surface area contributed by atoms with Crippen LogP contribution >= 0.6 is 0 Å². The lowest BCUT2D eigenvalue weighted by molar-refractivity contribution is -0.242. The van der Waals surface area contributed by atoms with E-state index in [9.17, 15) is 45.1 Å². The van der Waals surface area contributed by atoms with Crippen molar-refractivity contribution in [2.45, 2.75) is 56.6 Å². The molecule has 0 saturated carbocycles. The molecular formula is C24H25F5N2O8S. The second-order valence-corrected chi connectivity index (χ2v) is 11.2. The van der Waals surface area contributed by atoms with Crippen LogP contribution in [0.3, 0.4) is 0 Å². The van der Waals surface area contributed by atoms with E-state index in [2.05, 4.69) is 14.8 Å². The first-order valence-corrected chi connectivity index (χ1v) is 13.0. The van der Waals surface area contributed by atoms with Crippen molar-refractivity contribution < 1.29 is 59.3 Å². The number of carboxylic acid groups (broad SMARTS) is 1. The van der Waals surface area contributed by atoms with Crippen LogP contribution in [0.4, 0.5) is 38.1 Å². The summed E-state index contributed by atoms with van der Waals surface area (Å²) in [5, 5.41) is 11.4. The normalized spacial score (nSPS) is 16.5. The van der Waals surface area contributed by atoms with Gasteiger partial charge in [0, 0.05) is 11.8 Å². The Balaban J connectivity index is 2.00. The van der Waals surface area contributed by atoms with E-state index in [0.717, 1.165) is 28.6 Å². The molecule has 0 aromatic heterocycles. The summed E-state index contributed by atoms with van der Waals surface area (Å²) in [7, 11) is -4.53. The molecule has 1 heterocycles. The van der Waals surface area contributed by atoms with Gasteiger partial charge in [-0.1, -0.05) is 13.0 Å². The van der Waals surface area contributed by atoms with Crippen molar-refractivity contribution in [3.05, 3.63) is 42.5 Å². The van der Waals surface area contributed by atoms with Gasteiger partial charge in [-0.05, 0) is 50.6 Å². The standard InChI is InChI=1S/C24H25F5N2O8S/c1-13(20(32)33)9-16-12-31(40(35,36)17-6-4-5-15(11-17)38-21(25)26)18-10-14(7-8-19(18)37-16)30-22(34)39-23(2,3)24(27,28)29/h4-8,10-11,13,16,21H,9,12H2,1-3H3,(H,30,34)(H,32,33). The van der Waals surface area contributed by atoms with E-state index in [0.29, 0.717) is 13.8 Å². The van der Waals surface area contributed by atoms with Crippen LogP contribution in [0.5, 0.6) is 11.5 Å². The van der Waals surface area contributed by atoms with Gasteiger partial charge in [-0.25, -0.2) is 13.2 Å². The van der Waals surface area contributed by atoms with Crippen molar-refractivity contribution in [2.24, 2.45) is 5.92 Å². The molecule has 0 spiro atoms. The molecule has 16 heteroatoms. The second kappa shape index (κ2) is 11.3. The Morgan fingerprint density at radius 3 is 2.45 bits per heavy atom. The van der Waals surface area contributed by atoms with Crippen molar-refractivity contribution in [3.8, 4) is 11.5 Å². The highest BCUT2D eigenvalue weighted by Gasteiger charge is 2.51. The molecule has 2 aromatic carbocycles. The lowest BCUT2D eigenvalue weighted by atomic mass is 10.0. The maximum absolute atomic E-state index is 13.7. The quantitative estimate of drug-likeness (QED) is 0.376. The monoisotopic (exact) mass is 596 g/mol. The van der Waals surface area contributed by atoms with Crippen molar-refractivity contribution >= 4 is 33.5 Å². The summed E-state index contributed by atoms with van der Waals surface area (Å²) in [5.74, 6) is -2.56. The molecule has 0 saturated heterocycles. The van der Waals surface area contributed by atoms with Crippen LogP contribution in [-0.4, -0.2) is 56.6 Å². The number of benzene rings is 2. The molecule has 2 atom stereocenters. The number of aliphatic carboxylic acids is 1. The minimum Gasteiger partial charge on any atom is -0.486 e. The first-order chi connectivity index (χ1) is 18.4. The van der Waals surface area contributed by atoms with Gasteiger partial charge in [0.25, 0.3) is 10.0 Å². The number of hydrogen-bond acceptors (Lipinski definition) is 7. The molecule has 3 rings (SSSR count). The zero-order valence-electron chi connectivity index (χ0n) is 21.2. The van der Waals surface area contributed by atoms with Crippen molar-refractivity contribution in [1.29, 1.82) is 0 Å². The zero-order valence-corrected chi connectivity index (χ0v) is 22.1. The highest BCUT2D eigenvalue weighted by Crippen LogP contribution is 2.41. The average molecular weight is 597 g/mol. The van der Waals surface area contributed by atoms with Gasteiger partial charge in [0.15, 0.2) is 0 Å². The summed E-state index contributed by atoms with van der Waals surface area (Å²) in [6.07, 6.45) is -7.40. The van der Waals surface area contributed by atoms with Gasteiger partial charge in [-0.3, -0.25) is 14.4 Å². The lowest BCUT2D eigenvalue weighted by Crippen LogP contribution is -2.45. The average Bonchev–Trinajstić information content (AvgIpc) is 2.82. The molecule has 1 aliphatic heterocycles. The summed E-state index contributed by atoms with van der Waals surface area (Å²) in [6, 6.07) is 7.83. The number of sulfonamides is 1. The molecule has 220 valence electrons. The van der Waals surface area contributed by atoms with E-state index in [-0.39, 0.29) is 23.5 Å². The van der Waals surface area contributed by atoms with Crippen LogP contribution in [0.15, 0.2) is 47.4 Å². The number of nitrogens with zero attached hydrogens (tertiary/aromatic N) is 1. The smallest absolute Gasteiger partial charge is 0.427 e. The number of carbonyl (C=O) groups is 2. The van der Waals surface area contributed by atoms with Gasteiger partial charge in [0.05, 0.1) is 23.0 Å². The largest absolute Gasteiger partial charge is 0.486 e. The number of fused-ring (bicyclic) bond motifs is 1. The van der Waals surface area contributed by atoms with Gasteiger partial charge < -0.3 is 19.3 Å². The van der Waals surface area contributed by atoms with Crippen LogP contribution in [0.1, 0.15) is 27.2 Å². The fourth-order valence-electron chi connectivity index (χ4n) is 3.61. The summed E-state index contributed by atoms with van der Waals surface area (Å²) < 4.78 is 107. The maximum atomic E-state index is 13.7. The molecular weight excluding hydrogens is 571 g/mol. The number of halogens is 5. The third kappa shape index (κ3) is 7.03. The highest BCUT2D eigenvalue weighted by molar-refractivity contribution is 7.92. The Kier molecular flexibility index (Phi) is 8.71. The topological polar surface area (TPSA) is 131 Å². The van der Waals surface area contributed by atoms with Gasteiger partial charge in [-0.2, -0.15) is 22.0 Å². The van der Waals surface area contributed by atoms with E-state index < -0.39 is 69.7 Å². The fourth-order valence-corrected chi connectivity index (χ4v) is 5.14. The van der Waals surface area contributed by atoms with E-state index in [4.69, 9.17) is 4.74 Å². The van der Waals surface area contributed by atoms with E-state index in [1.54, 1.807) is 0 Å². The van der Waals surface area contributed by atoms with E-state index >= 15 is 0 Å². The number of carboxylic acids is 1. The van der Waals surface area contributed by atoms with Gasteiger partial charge in [0.2, 0.25) is 5.60 Å². The number of ether oxygens (including phenoxy) is 3. The fraction of sp³-hybridized carbons (Fsp3) is 0.417. The predicted molar refractivity (Wildman–Crippen MR) is 130 cm³/mol. The summed E-state index contributed by atoms with van der Waals surface area (Å²) >= 11 is 0. The van der Waals surface area contributed by atoms with Gasteiger partial charge >= 0.3 is 24.9 Å². The molecule has 0 fully saturated rings. The number of carbonyl (C=O) groups excluding carboxylic acids is 1. The molecule has 10 nitrogen and oxygen atoms in total. The summed E-state index contributed by atoms with van der Waals surface area (Å²) in [4.78, 5) is 23.1. The molecule has 0 radical (unpaired) electrons. The minimum absolute atomic E-state index is 0.0491. The van der Waals surface area contributed by atoms with E-state index in [1.807, 2.05) is 0 Å². The van der Waals surface area contributed by atoms with Crippen molar-refractivity contribution in [2.75, 3.05) is 16.2 Å². The van der Waals surface area contributed by atoms with Crippen LogP contribution in [0, 0.1) is 5.92 Å². The Bertz CT molecular complexity index is 1370. The van der Waals surface area contributed by atoms with Crippen LogP contribution in [-0.2, 0) is 19.6 Å². The number of amides is 1. The van der Waals surface area contributed by atoms with Crippen molar-refractivity contribution in [3.63, 3.8) is 0 Å². The molecule has 40 heavy (non-hydrogen) atoms. The Hall–Kier alpha value is -3.82. The highest BCUT2D eigenvalue weighted by atomic mass is 32.2. The third-order valence-electron chi connectivity index (χ3n) is 5.82. The third-order valence-corrected chi connectivity index (χ3v) is 7.60. The number of anilines is 2. The first-order valence-electron chi connectivity index (χ1n) is 11.6. The molecule has 1 amide bonds. The molecule has 2 unspecified atom stereocenters. The van der Waals surface area contributed by atoms with Crippen molar-refractivity contribution in [1.82, 2.24) is 0 Å². The first kappa shape index (κ1) is 30.7. The maximum Gasteiger partial charge on any atom is 0.427 e. The minimum atomic E-state index is -4.87. The summed E-state index contributed by atoms with van der Waals surface area (Å²) in [5.41, 5.74) is -3.15. The Morgan fingerprint density at radius 2 is 1.85 bits per heavy atom. The number of rotatable bonds is 9. The Labute approximate surface area is 225 Å². The lowest BCUT2D eigenvalue weighted by Gasteiger charge is -2.36. The Morgan fingerprint density at radius 1 is 1.18 bits per heavy atom. The number of nitrogens with one attached hydrogen (secondary N) is 1. The van der Waals surface area contributed by atoms with Gasteiger partial charge in [-0.15, -0.1) is 0 Å². The summed E-state index contributed by atoms with van der Waals surface area (Å²) in [6.45, 7) is -0.953. The molecule has 2 aromatic rings. The number of alkyl halides is 5. The SMILES string of the molecule is CC(CC1CN(S(=O)(=O)c2cccc(OC(F)F)c2)c2cc(NC(=O)OC(C)(C)C(F)(F)F)ccc2O1)C(=O)O.